The van der Waals surface area contributed by atoms with Gasteiger partial charge in [0.1, 0.15) is 0 Å². The molecule has 0 spiro atoms. The maximum absolute atomic E-state index is 11.4. The molecule has 1 atom stereocenters. The van der Waals surface area contributed by atoms with Crippen molar-refractivity contribution in [3.05, 3.63) is 0 Å². The Morgan fingerprint density at radius 2 is 1.87 bits per heavy atom. The molecule has 15 heavy (non-hydrogen) atoms. The first kappa shape index (κ1) is 14.4. The van der Waals surface area contributed by atoms with Crippen LogP contribution in [0.2, 0.25) is 0 Å². The Hall–Kier alpha value is -0.620. The third-order valence-electron chi connectivity index (χ3n) is 2.24. The van der Waals surface area contributed by atoms with Gasteiger partial charge in [-0.15, -0.1) is 0 Å². The summed E-state index contributed by atoms with van der Waals surface area (Å²) in [6.45, 7) is 7.50. The van der Waals surface area contributed by atoms with E-state index in [0.29, 0.717) is 0 Å². The molecule has 0 aromatic carbocycles. The van der Waals surface area contributed by atoms with Crippen LogP contribution in [0.4, 0.5) is 0 Å². The molecule has 0 rings (SSSR count). The van der Waals surface area contributed by atoms with Gasteiger partial charge < -0.3 is 5.11 Å². The molecule has 0 aromatic rings. The molecular weight excluding hydrogens is 218 g/mol. The van der Waals surface area contributed by atoms with Gasteiger partial charge in [0.25, 0.3) is 0 Å². The number of hydrogen-bond acceptors (Lipinski definition) is 3. The normalized spacial score (nSPS) is 14.9. The molecule has 90 valence electrons. The molecule has 6 heteroatoms. The Bertz CT molecular complexity index is 315. The van der Waals surface area contributed by atoms with Crippen LogP contribution in [0.15, 0.2) is 0 Å². The third-order valence-corrected chi connectivity index (χ3v) is 3.69. The van der Waals surface area contributed by atoms with Crippen molar-refractivity contribution in [2.24, 2.45) is 5.41 Å². The summed E-state index contributed by atoms with van der Waals surface area (Å²) in [5.41, 5.74) is -0.184. The summed E-state index contributed by atoms with van der Waals surface area (Å²) in [6.07, 6.45) is -0.369. The number of carboxylic acids is 1. The fourth-order valence-electron chi connectivity index (χ4n) is 0.727. The number of rotatable bonds is 5. The van der Waals surface area contributed by atoms with E-state index in [2.05, 4.69) is 4.72 Å². The van der Waals surface area contributed by atoms with Crippen molar-refractivity contribution in [1.82, 2.24) is 4.72 Å². The molecule has 0 aliphatic carbocycles. The van der Waals surface area contributed by atoms with Crippen LogP contribution < -0.4 is 4.72 Å². The van der Waals surface area contributed by atoms with Gasteiger partial charge in [0.15, 0.2) is 0 Å². The molecule has 0 amide bonds. The van der Waals surface area contributed by atoms with Crippen molar-refractivity contribution in [2.75, 3.05) is 5.75 Å². The van der Waals surface area contributed by atoms with Gasteiger partial charge in [0.2, 0.25) is 10.0 Å². The number of nitrogens with one attached hydrogen (secondary N) is 1. The smallest absolute Gasteiger partial charge is 0.304 e. The SMILES string of the molecule is CC(NS(=O)(=O)CCC(=O)O)C(C)(C)C. The zero-order chi connectivity index (χ0) is 12.3. The quantitative estimate of drug-likeness (QED) is 0.741. The summed E-state index contributed by atoms with van der Waals surface area (Å²) in [6, 6.07) is -0.226. The maximum atomic E-state index is 11.4. The second-order valence-corrected chi connectivity index (χ2v) is 6.54. The molecule has 2 N–H and O–H groups in total. The highest BCUT2D eigenvalue weighted by Crippen LogP contribution is 2.19. The summed E-state index contributed by atoms with van der Waals surface area (Å²) in [5, 5.41) is 8.38. The molecule has 0 saturated carbocycles. The van der Waals surface area contributed by atoms with Crippen LogP contribution in [-0.4, -0.2) is 31.3 Å². The lowest BCUT2D eigenvalue weighted by molar-refractivity contribution is -0.136. The van der Waals surface area contributed by atoms with Gasteiger partial charge in [-0.2, -0.15) is 0 Å². The number of carbonyl (C=O) groups is 1. The fourth-order valence-corrected chi connectivity index (χ4v) is 2.18. The summed E-state index contributed by atoms with van der Waals surface area (Å²) < 4.78 is 25.3. The lowest BCUT2D eigenvalue weighted by atomic mass is 9.89. The first-order valence-electron chi connectivity index (χ1n) is 4.76. The van der Waals surface area contributed by atoms with Crippen LogP contribution >= 0.6 is 0 Å². The van der Waals surface area contributed by atoms with E-state index in [1.807, 2.05) is 20.8 Å². The number of hydrogen-bond donors (Lipinski definition) is 2. The van der Waals surface area contributed by atoms with Crippen LogP contribution in [0.25, 0.3) is 0 Å². The summed E-state index contributed by atoms with van der Waals surface area (Å²) in [7, 11) is -3.49. The van der Waals surface area contributed by atoms with E-state index in [9.17, 15) is 13.2 Å². The van der Waals surface area contributed by atoms with Crippen LogP contribution in [-0.2, 0) is 14.8 Å². The minimum absolute atomic E-state index is 0.184. The van der Waals surface area contributed by atoms with Crippen molar-refractivity contribution in [3.63, 3.8) is 0 Å². The molecule has 0 aliphatic rings. The van der Waals surface area contributed by atoms with E-state index in [0.717, 1.165) is 0 Å². The lowest BCUT2D eigenvalue weighted by Gasteiger charge is -2.27. The van der Waals surface area contributed by atoms with Crippen molar-refractivity contribution in [3.8, 4) is 0 Å². The van der Waals surface area contributed by atoms with Gasteiger partial charge in [0.05, 0.1) is 12.2 Å². The number of sulfonamides is 1. The predicted octanol–water partition coefficient (Wildman–Crippen LogP) is 0.815. The van der Waals surface area contributed by atoms with E-state index >= 15 is 0 Å². The lowest BCUT2D eigenvalue weighted by Crippen LogP contribution is -2.42. The maximum Gasteiger partial charge on any atom is 0.304 e. The van der Waals surface area contributed by atoms with Crippen molar-refractivity contribution >= 4 is 16.0 Å². The molecule has 0 radical (unpaired) electrons. The van der Waals surface area contributed by atoms with Gasteiger partial charge in [-0.05, 0) is 12.3 Å². The van der Waals surface area contributed by atoms with Gasteiger partial charge in [-0.1, -0.05) is 20.8 Å². The van der Waals surface area contributed by atoms with Crippen molar-refractivity contribution in [2.45, 2.75) is 40.2 Å². The van der Waals surface area contributed by atoms with Crippen LogP contribution in [0.1, 0.15) is 34.1 Å². The Morgan fingerprint density at radius 3 is 2.20 bits per heavy atom. The Balaban J connectivity index is 4.33. The third kappa shape index (κ3) is 6.46. The highest BCUT2D eigenvalue weighted by atomic mass is 32.2. The molecule has 5 nitrogen and oxygen atoms in total. The first-order valence-corrected chi connectivity index (χ1v) is 6.41. The fraction of sp³-hybridized carbons (Fsp3) is 0.889. The van der Waals surface area contributed by atoms with E-state index in [1.165, 1.54) is 0 Å². The standard InChI is InChI=1S/C9H19NO4S/c1-7(9(2,3)4)10-15(13,14)6-5-8(11)12/h7,10H,5-6H2,1-4H3,(H,11,12). The molecule has 0 aliphatic heterocycles. The zero-order valence-corrected chi connectivity index (χ0v) is 10.4. The van der Waals surface area contributed by atoms with Gasteiger partial charge >= 0.3 is 5.97 Å². The molecule has 0 aromatic heterocycles. The minimum atomic E-state index is -3.49. The second kappa shape index (κ2) is 4.94. The zero-order valence-electron chi connectivity index (χ0n) is 9.57. The summed E-state index contributed by atoms with van der Waals surface area (Å²) in [4.78, 5) is 10.2. The predicted molar refractivity (Wildman–Crippen MR) is 58.1 cm³/mol. The summed E-state index contributed by atoms with van der Waals surface area (Å²) >= 11 is 0. The van der Waals surface area contributed by atoms with E-state index in [-0.39, 0.29) is 23.6 Å². The number of carboxylic acid groups (broad SMARTS) is 1. The molecule has 1 unspecified atom stereocenters. The largest absolute Gasteiger partial charge is 0.481 e. The topological polar surface area (TPSA) is 83.5 Å². The first-order chi connectivity index (χ1) is 6.54. The van der Waals surface area contributed by atoms with E-state index in [1.54, 1.807) is 6.92 Å². The van der Waals surface area contributed by atoms with Crippen LogP contribution in [0.3, 0.4) is 0 Å². The summed E-state index contributed by atoms with van der Waals surface area (Å²) in [5.74, 6) is -1.48. The Morgan fingerprint density at radius 1 is 1.40 bits per heavy atom. The monoisotopic (exact) mass is 237 g/mol. The average Bonchev–Trinajstić information content (AvgIpc) is 1.98. The average molecular weight is 237 g/mol. The highest BCUT2D eigenvalue weighted by Gasteiger charge is 2.24. The molecule has 0 fully saturated rings. The highest BCUT2D eigenvalue weighted by molar-refractivity contribution is 7.89. The minimum Gasteiger partial charge on any atom is -0.481 e. The number of aliphatic carboxylic acids is 1. The second-order valence-electron chi connectivity index (χ2n) is 4.67. The molecule has 0 saturated heterocycles. The van der Waals surface area contributed by atoms with Crippen molar-refractivity contribution in [1.29, 1.82) is 0 Å². The van der Waals surface area contributed by atoms with E-state index in [4.69, 9.17) is 5.11 Å². The Kier molecular flexibility index (Phi) is 4.73. The van der Waals surface area contributed by atoms with Gasteiger partial charge in [0, 0.05) is 6.04 Å². The molecular formula is C9H19NO4S. The van der Waals surface area contributed by atoms with Crippen LogP contribution in [0.5, 0.6) is 0 Å². The molecule has 0 heterocycles. The molecule has 0 bridgehead atoms. The van der Waals surface area contributed by atoms with Gasteiger partial charge in [-0.25, -0.2) is 13.1 Å². The van der Waals surface area contributed by atoms with Gasteiger partial charge in [-0.3, -0.25) is 4.79 Å². The Labute approximate surface area is 90.9 Å². The van der Waals surface area contributed by atoms with Crippen molar-refractivity contribution < 1.29 is 18.3 Å². The van der Waals surface area contributed by atoms with E-state index < -0.39 is 16.0 Å². The van der Waals surface area contributed by atoms with Crippen LogP contribution in [0, 0.1) is 5.41 Å².